The summed E-state index contributed by atoms with van der Waals surface area (Å²) in [5.74, 6) is 0.252. The van der Waals surface area contributed by atoms with Gasteiger partial charge in [-0.1, -0.05) is 6.07 Å². The number of aromatic amines is 2. The minimum absolute atomic E-state index is 0.283. The molecule has 1 aromatic carbocycles. The molecule has 9 heteroatoms. The first-order chi connectivity index (χ1) is 17.4. The molecule has 0 fully saturated rings. The van der Waals surface area contributed by atoms with Gasteiger partial charge in [-0.05, 0) is 74.1 Å². The topological polar surface area (TPSA) is 99.3 Å². The third-order valence-corrected chi connectivity index (χ3v) is 5.97. The SMILES string of the molecule is Cc1cc(F)cc(-c2ccnc3nc(-c4n[nH]c5ccc(-c6cncc(CN(C)C)c6)nc45)[nH]c23)c1. The quantitative estimate of drug-likeness (QED) is 0.356. The lowest BCUT2D eigenvalue weighted by atomic mass is 10.0. The average molecular weight is 479 g/mol. The predicted molar refractivity (Wildman–Crippen MR) is 138 cm³/mol. The van der Waals surface area contributed by atoms with Crippen molar-refractivity contribution in [2.24, 2.45) is 0 Å². The van der Waals surface area contributed by atoms with E-state index in [2.05, 4.69) is 41.1 Å². The molecule has 0 aliphatic heterocycles. The van der Waals surface area contributed by atoms with Gasteiger partial charge in [0.25, 0.3) is 0 Å². The number of nitrogens with one attached hydrogen (secondary N) is 2. The van der Waals surface area contributed by atoms with Gasteiger partial charge < -0.3 is 9.88 Å². The number of H-pyrrole nitrogens is 2. The van der Waals surface area contributed by atoms with Gasteiger partial charge in [-0.3, -0.25) is 10.1 Å². The summed E-state index contributed by atoms with van der Waals surface area (Å²) in [6.45, 7) is 2.66. The maximum Gasteiger partial charge on any atom is 0.178 e. The molecule has 6 aromatic rings. The summed E-state index contributed by atoms with van der Waals surface area (Å²) in [5.41, 5.74) is 8.55. The molecule has 0 amide bonds. The van der Waals surface area contributed by atoms with Crippen LogP contribution in [0.3, 0.4) is 0 Å². The smallest absolute Gasteiger partial charge is 0.178 e. The van der Waals surface area contributed by atoms with Gasteiger partial charge in [0, 0.05) is 36.3 Å². The van der Waals surface area contributed by atoms with Crippen molar-refractivity contribution in [1.29, 1.82) is 0 Å². The first-order valence-corrected chi connectivity index (χ1v) is 11.5. The molecule has 0 radical (unpaired) electrons. The van der Waals surface area contributed by atoms with E-state index in [0.29, 0.717) is 28.2 Å². The van der Waals surface area contributed by atoms with Crippen LogP contribution in [0.1, 0.15) is 11.1 Å². The Kier molecular flexibility index (Phi) is 5.26. The molecular weight excluding hydrogens is 455 g/mol. The zero-order chi connectivity index (χ0) is 24.8. The zero-order valence-electron chi connectivity index (χ0n) is 20.0. The molecule has 5 aromatic heterocycles. The largest absolute Gasteiger partial charge is 0.335 e. The Morgan fingerprint density at radius 2 is 1.86 bits per heavy atom. The number of imidazole rings is 1. The molecule has 0 bridgehead atoms. The Hall–Kier alpha value is -4.50. The third kappa shape index (κ3) is 3.99. The van der Waals surface area contributed by atoms with E-state index in [1.165, 1.54) is 12.1 Å². The molecule has 8 nitrogen and oxygen atoms in total. The number of nitrogens with zero attached hydrogens (tertiary/aromatic N) is 6. The van der Waals surface area contributed by atoms with Crippen molar-refractivity contribution in [1.82, 2.24) is 40.0 Å². The Balaban J connectivity index is 1.45. The van der Waals surface area contributed by atoms with Crippen LogP contribution in [0.5, 0.6) is 0 Å². The standard InChI is InChI=1S/C27H23FN8/c1-15-8-17(11-19(28)9-15)20-6-7-30-26-23(20)32-27(33-26)25-24-22(34-35-25)5-4-21(31-24)18-10-16(12-29-13-18)14-36(2)3/h4-13H,14H2,1-3H3,(H,34,35)(H,30,32,33). The van der Waals surface area contributed by atoms with E-state index in [-0.39, 0.29) is 5.82 Å². The number of hydrogen-bond donors (Lipinski definition) is 2. The van der Waals surface area contributed by atoms with Crippen LogP contribution in [0, 0.1) is 12.7 Å². The van der Waals surface area contributed by atoms with E-state index in [9.17, 15) is 4.39 Å². The predicted octanol–water partition coefficient (Wildman–Crippen LogP) is 5.13. The molecule has 0 saturated heterocycles. The van der Waals surface area contributed by atoms with Gasteiger partial charge in [0.15, 0.2) is 17.2 Å². The zero-order valence-corrected chi connectivity index (χ0v) is 20.0. The molecule has 2 N–H and O–H groups in total. The lowest BCUT2D eigenvalue weighted by Gasteiger charge is -2.10. The van der Waals surface area contributed by atoms with Crippen molar-refractivity contribution < 1.29 is 4.39 Å². The van der Waals surface area contributed by atoms with E-state index in [0.717, 1.165) is 45.6 Å². The van der Waals surface area contributed by atoms with E-state index in [1.807, 2.05) is 57.7 Å². The van der Waals surface area contributed by atoms with Gasteiger partial charge in [0.1, 0.15) is 11.3 Å². The van der Waals surface area contributed by atoms with Crippen molar-refractivity contribution in [3.8, 4) is 33.9 Å². The minimum atomic E-state index is -0.283. The van der Waals surface area contributed by atoms with Crippen LogP contribution in [0.4, 0.5) is 4.39 Å². The lowest BCUT2D eigenvalue weighted by Crippen LogP contribution is -2.10. The van der Waals surface area contributed by atoms with Crippen molar-refractivity contribution in [2.75, 3.05) is 14.1 Å². The van der Waals surface area contributed by atoms with E-state index in [1.54, 1.807) is 6.20 Å². The maximum absolute atomic E-state index is 14.1. The Morgan fingerprint density at radius 3 is 2.69 bits per heavy atom. The van der Waals surface area contributed by atoms with Gasteiger partial charge in [-0.2, -0.15) is 5.10 Å². The molecule has 0 aliphatic rings. The second kappa shape index (κ2) is 8.62. The van der Waals surface area contributed by atoms with Crippen LogP contribution >= 0.6 is 0 Å². The van der Waals surface area contributed by atoms with Gasteiger partial charge in [-0.15, -0.1) is 0 Å². The van der Waals surface area contributed by atoms with E-state index < -0.39 is 0 Å². The number of aromatic nitrogens is 7. The van der Waals surface area contributed by atoms with Crippen LogP contribution in [0.15, 0.2) is 61.1 Å². The summed E-state index contributed by atoms with van der Waals surface area (Å²) in [5, 5.41) is 7.54. The summed E-state index contributed by atoms with van der Waals surface area (Å²) in [6.07, 6.45) is 5.35. The van der Waals surface area contributed by atoms with Crippen molar-refractivity contribution in [2.45, 2.75) is 13.5 Å². The number of aryl methyl sites for hydroxylation is 1. The summed E-state index contributed by atoms with van der Waals surface area (Å²) >= 11 is 0. The van der Waals surface area contributed by atoms with Crippen LogP contribution in [-0.2, 0) is 6.54 Å². The highest BCUT2D eigenvalue weighted by molar-refractivity contribution is 5.95. The number of pyridine rings is 3. The molecule has 36 heavy (non-hydrogen) atoms. The monoisotopic (exact) mass is 478 g/mol. The van der Waals surface area contributed by atoms with Gasteiger partial charge >= 0.3 is 0 Å². The van der Waals surface area contributed by atoms with Crippen molar-refractivity contribution in [3.63, 3.8) is 0 Å². The maximum atomic E-state index is 14.1. The van der Waals surface area contributed by atoms with Crippen LogP contribution < -0.4 is 0 Å². The molecule has 0 spiro atoms. The van der Waals surface area contributed by atoms with Crippen LogP contribution in [0.2, 0.25) is 0 Å². The molecule has 0 saturated carbocycles. The van der Waals surface area contributed by atoms with Crippen LogP contribution in [-0.4, -0.2) is 54.1 Å². The number of hydrogen-bond acceptors (Lipinski definition) is 6. The lowest BCUT2D eigenvalue weighted by molar-refractivity contribution is 0.402. The number of halogens is 1. The van der Waals surface area contributed by atoms with E-state index in [4.69, 9.17) is 4.98 Å². The molecule has 5 heterocycles. The highest BCUT2D eigenvalue weighted by Gasteiger charge is 2.18. The average Bonchev–Trinajstić information content (AvgIpc) is 3.46. The fourth-order valence-electron chi connectivity index (χ4n) is 4.46. The summed E-state index contributed by atoms with van der Waals surface area (Å²) in [7, 11) is 4.05. The van der Waals surface area contributed by atoms with Crippen molar-refractivity contribution in [3.05, 3.63) is 78.0 Å². The first kappa shape index (κ1) is 22.0. The minimum Gasteiger partial charge on any atom is -0.335 e. The molecule has 0 unspecified atom stereocenters. The van der Waals surface area contributed by atoms with E-state index >= 15 is 0 Å². The molecule has 0 aliphatic carbocycles. The molecular formula is C27H23FN8. The van der Waals surface area contributed by atoms with Gasteiger partial charge in [0.2, 0.25) is 0 Å². The van der Waals surface area contributed by atoms with Gasteiger partial charge in [0.05, 0.1) is 16.7 Å². The number of fused-ring (bicyclic) bond motifs is 2. The Morgan fingerprint density at radius 1 is 0.972 bits per heavy atom. The molecule has 178 valence electrons. The summed E-state index contributed by atoms with van der Waals surface area (Å²) < 4.78 is 14.1. The second-order valence-electron chi connectivity index (χ2n) is 9.14. The first-order valence-electron chi connectivity index (χ1n) is 11.5. The summed E-state index contributed by atoms with van der Waals surface area (Å²) in [4.78, 5) is 23.8. The highest BCUT2D eigenvalue weighted by atomic mass is 19.1. The molecule has 0 atom stereocenters. The third-order valence-electron chi connectivity index (χ3n) is 5.97. The molecule has 6 rings (SSSR count). The highest BCUT2D eigenvalue weighted by Crippen LogP contribution is 2.31. The number of rotatable bonds is 5. The number of benzene rings is 1. The van der Waals surface area contributed by atoms with Crippen LogP contribution in [0.25, 0.3) is 56.1 Å². The summed E-state index contributed by atoms with van der Waals surface area (Å²) in [6, 6.07) is 12.8. The fraction of sp³-hybridized carbons (Fsp3) is 0.148. The van der Waals surface area contributed by atoms with Gasteiger partial charge in [-0.25, -0.2) is 19.3 Å². The van der Waals surface area contributed by atoms with Crippen molar-refractivity contribution >= 4 is 22.2 Å². The second-order valence-corrected chi connectivity index (χ2v) is 9.14. The Labute approximate surface area is 206 Å². The normalized spacial score (nSPS) is 11.7. The Bertz CT molecular complexity index is 1710. The fourth-order valence-corrected chi connectivity index (χ4v) is 4.46.